The summed E-state index contributed by atoms with van der Waals surface area (Å²) in [4.78, 5) is 23.8. The smallest absolute Gasteiger partial charge is 0.283 e. The second kappa shape index (κ2) is 9.49. The van der Waals surface area contributed by atoms with Crippen molar-refractivity contribution >= 4 is 58.1 Å². The number of aromatic nitrogens is 2. The van der Waals surface area contributed by atoms with Gasteiger partial charge in [-0.25, -0.2) is 0 Å². The summed E-state index contributed by atoms with van der Waals surface area (Å²) in [5.41, 5.74) is 0.467. The van der Waals surface area contributed by atoms with E-state index < -0.39 is 10.8 Å². The van der Waals surface area contributed by atoms with Gasteiger partial charge in [0.05, 0.1) is 9.82 Å². The van der Waals surface area contributed by atoms with Crippen molar-refractivity contribution in [3.8, 4) is 6.07 Å². The molecule has 1 N–H and O–H groups in total. The highest BCUT2D eigenvalue weighted by molar-refractivity contribution is 8.01. The van der Waals surface area contributed by atoms with Crippen molar-refractivity contribution in [1.29, 1.82) is 5.26 Å². The Morgan fingerprint density at radius 1 is 1.30 bits per heavy atom. The normalized spacial score (nSPS) is 11.0. The number of hydrogen-bond acceptors (Lipinski definition) is 8. The van der Waals surface area contributed by atoms with Gasteiger partial charge in [0.1, 0.15) is 16.6 Å². The molecular weight excluding hydrogens is 446 g/mol. The molecule has 1 heterocycles. The van der Waals surface area contributed by atoms with Gasteiger partial charge in [0.25, 0.3) is 11.6 Å². The fraction of sp³-hybridized carbons (Fsp3) is 0.0526. The molecule has 150 valence electrons. The summed E-state index contributed by atoms with van der Waals surface area (Å²) < 4.78 is 0.582. The Kier molecular flexibility index (Phi) is 6.79. The maximum atomic E-state index is 12.4. The number of hydrogen-bond donors (Lipinski definition) is 1. The largest absolute Gasteiger partial charge is 0.321 e. The Morgan fingerprint density at radius 2 is 2.03 bits per heavy atom. The molecule has 1 amide bonds. The maximum absolute atomic E-state index is 12.4. The fourth-order valence-electron chi connectivity index (χ4n) is 2.31. The van der Waals surface area contributed by atoms with Crippen molar-refractivity contribution in [3.63, 3.8) is 0 Å². The zero-order chi connectivity index (χ0) is 21.7. The summed E-state index contributed by atoms with van der Waals surface area (Å²) in [7, 11) is 0. The van der Waals surface area contributed by atoms with Gasteiger partial charge in [-0.1, -0.05) is 40.8 Å². The van der Waals surface area contributed by atoms with E-state index in [4.69, 9.17) is 11.6 Å². The summed E-state index contributed by atoms with van der Waals surface area (Å²) in [6.07, 6.45) is 1.29. The summed E-state index contributed by atoms with van der Waals surface area (Å²) >= 11 is 8.27. The van der Waals surface area contributed by atoms with Gasteiger partial charge in [-0.05, 0) is 48.9 Å². The van der Waals surface area contributed by atoms with E-state index in [2.05, 4.69) is 15.5 Å². The molecule has 0 aliphatic carbocycles. The molecule has 0 saturated carbocycles. The number of halogens is 1. The number of nitro benzene ring substituents is 1. The van der Waals surface area contributed by atoms with E-state index in [-0.39, 0.29) is 11.3 Å². The number of amides is 1. The number of nitrogens with one attached hydrogen (secondary N) is 1. The molecule has 0 saturated heterocycles. The van der Waals surface area contributed by atoms with Crippen LogP contribution in [0.2, 0.25) is 5.02 Å². The van der Waals surface area contributed by atoms with Crippen LogP contribution in [0.1, 0.15) is 10.6 Å². The SMILES string of the molecule is Cc1nnc(Sc2ccc(/C=C(\C#N)C(=O)Nc3ccc(Cl)cc3)cc2[N+](=O)[O-])s1. The molecule has 1 aromatic heterocycles. The van der Waals surface area contributed by atoms with Gasteiger partial charge in [-0.2, -0.15) is 5.26 Å². The first-order valence-corrected chi connectivity index (χ1v) is 10.3. The highest BCUT2D eigenvalue weighted by Gasteiger charge is 2.18. The second-order valence-electron chi connectivity index (χ2n) is 5.80. The second-order valence-corrected chi connectivity index (χ2v) is 8.71. The van der Waals surface area contributed by atoms with Crippen molar-refractivity contribution in [2.75, 3.05) is 5.32 Å². The minimum Gasteiger partial charge on any atom is -0.321 e. The summed E-state index contributed by atoms with van der Waals surface area (Å²) in [6, 6.07) is 12.7. The molecule has 3 rings (SSSR count). The van der Waals surface area contributed by atoms with E-state index in [0.717, 1.165) is 16.8 Å². The number of carbonyl (C=O) groups excluding carboxylic acids is 1. The molecule has 0 bridgehead atoms. The molecule has 0 atom stereocenters. The highest BCUT2D eigenvalue weighted by atomic mass is 35.5. The van der Waals surface area contributed by atoms with Crippen LogP contribution in [-0.2, 0) is 4.79 Å². The number of rotatable bonds is 6. The maximum Gasteiger partial charge on any atom is 0.283 e. The zero-order valence-corrected chi connectivity index (χ0v) is 17.7. The summed E-state index contributed by atoms with van der Waals surface area (Å²) in [6.45, 7) is 1.79. The van der Waals surface area contributed by atoms with Gasteiger partial charge < -0.3 is 5.32 Å². The number of nitriles is 1. The lowest BCUT2D eigenvalue weighted by Gasteiger charge is -2.05. The third-order valence-corrected chi connectivity index (χ3v) is 5.87. The van der Waals surface area contributed by atoms with Crippen LogP contribution in [-0.4, -0.2) is 21.0 Å². The van der Waals surface area contributed by atoms with Crippen LogP contribution in [0.4, 0.5) is 11.4 Å². The molecule has 0 fully saturated rings. The van der Waals surface area contributed by atoms with Crippen LogP contribution < -0.4 is 5.32 Å². The van der Waals surface area contributed by atoms with Crippen molar-refractivity contribution in [3.05, 3.63) is 73.7 Å². The molecule has 0 radical (unpaired) electrons. The minimum atomic E-state index is -0.634. The van der Waals surface area contributed by atoms with E-state index in [0.29, 0.717) is 25.5 Å². The zero-order valence-electron chi connectivity index (χ0n) is 15.3. The van der Waals surface area contributed by atoms with Gasteiger partial charge in [0, 0.05) is 16.8 Å². The van der Waals surface area contributed by atoms with Crippen molar-refractivity contribution < 1.29 is 9.72 Å². The van der Waals surface area contributed by atoms with Crippen LogP contribution in [0.3, 0.4) is 0 Å². The topological polar surface area (TPSA) is 122 Å². The number of benzene rings is 2. The Morgan fingerprint density at radius 3 is 2.63 bits per heavy atom. The van der Waals surface area contributed by atoms with Gasteiger partial charge in [-0.15, -0.1) is 10.2 Å². The molecule has 8 nitrogen and oxygen atoms in total. The molecule has 3 aromatic rings. The van der Waals surface area contributed by atoms with Gasteiger partial charge in [0.2, 0.25) is 0 Å². The van der Waals surface area contributed by atoms with Crippen molar-refractivity contribution in [2.24, 2.45) is 0 Å². The lowest BCUT2D eigenvalue weighted by Crippen LogP contribution is -2.13. The quantitative estimate of drug-likeness (QED) is 0.236. The number of aryl methyl sites for hydroxylation is 1. The first-order valence-electron chi connectivity index (χ1n) is 8.31. The number of nitrogens with zero attached hydrogens (tertiary/aromatic N) is 4. The highest BCUT2D eigenvalue weighted by Crippen LogP contribution is 2.37. The lowest BCUT2D eigenvalue weighted by atomic mass is 10.1. The molecular formula is C19H12ClN5O3S2. The predicted octanol–water partition coefficient (Wildman–Crippen LogP) is 5.11. The average molecular weight is 458 g/mol. The molecule has 0 aliphatic rings. The number of nitro groups is 1. The Labute approximate surface area is 184 Å². The van der Waals surface area contributed by atoms with E-state index in [1.165, 1.54) is 23.5 Å². The minimum absolute atomic E-state index is 0.156. The number of anilines is 1. The molecule has 0 unspecified atom stereocenters. The van der Waals surface area contributed by atoms with E-state index in [9.17, 15) is 20.2 Å². The standard InChI is InChI=1S/C19H12ClN5O3S2/c1-11-23-24-19(29-11)30-17-7-2-12(9-16(17)25(27)28)8-13(10-21)18(26)22-15-5-3-14(20)4-6-15/h2-9H,1H3,(H,22,26)/b13-8+. The molecule has 11 heteroatoms. The van der Waals surface area contributed by atoms with Crippen LogP contribution in [0, 0.1) is 28.4 Å². The molecule has 0 spiro atoms. The summed E-state index contributed by atoms with van der Waals surface area (Å²) in [5, 5.41) is 32.6. The predicted molar refractivity (Wildman–Crippen MR) is 116 cm³/mol. The molecule has 2 aromatic carbocycles. The third-order valence-electron chi connectivity index (χ3n) is 3.66. The van der Waals surface area contributed by atoms with Crippen molar-refractivity contribution in [1.82, 2.24) is 10.2 Å². The first-order chi connectivity index (χ1) is 14.4. The Bertz CT molecular complexity index is 1190. The van der Waals surface area contributed by atoms with Crippen LogP contribution >= 0.6 is 34.7 Å². The van der Waals surface area contributed by atoms with E-state index >= 15 is 0 Å². The van der Waals surface area contributed by atoms with Gasteiger partial charge in [-0.3, -0.25) is 14.9 Å². The monoisotopic (exact) mass is 457 g/mol. The van der Waals surface area contributed by atoms with E-state index in [1.54, 1.807) is 43.3 Å². The lowest BCUT2D eigenvalue weighted by molar-refractivity contribution is -0.387. The molecule has 30 heavy (non-hydrogen) atoms. The Balaban J connectivity index is 1.85. The summed E-state index contributed by atoms with van der Waals surface area (Å²) in [5.74, 6) is -0.634. The fourth-order valence-corrected chi connectivity index (χ4v) is 4.30. The van der Waals surface area contributed by atoms with Gasteiger partial charge in [0.15, 0.2) is 4.34 Å². The third kappa shape index (κ3) is 5.42. The van der Waals surface area contributed by atoms with Gasteiger partial charge >= 0.3 is 0 Å². The number of carbonyl (C=O) groups is 1. The first kappa shape index (κ1) is 21.4. The molecule has 0 aliphatic heterocycles. The van der Waals surface area contributed by atoms with Crippen LogP contribution in [0.15, 0.2) is 57.3 Å². The van der Waals surface area contributed by atoms with Crippen LogP contribution in [0.5, 0.6) is 0 Å². The van der Waals surface area contributed by atoms with Crippen LogP contribution in [0.25, 0.3) is 6.08 Å². The average Bonchev–Trinajstić information content (AvgIpc) is 3.13. The van der Waals surface area contributed by atoms with Crippen molar-refractivity contribution in [2.45, 2.75) is 16.2 Å². The Hall–Kier alpha value is -3.26. The van der Waals surface area contributed by atoms with E-state index in [1.807, 2.05) is 6.07 Å².